The third-order valence-corrected chi connectivity index (χ3v) is 15.8. The number of anilines is 8. The first-order valence-electron chi connectivity index (χ1n) is 27.9. The summed E-state index contributed by atoms with van der Waals surface area (Å²) < 4.78 is 12.7. The number of likely N-dealkylation sites (N-methyl/N-ethyl adjacent to an activating group) is 2. The molecule has 4 saturated heterocycles. The lowest BCUT2D eigenvalue weighted by Gasteiger charge is -2.44. The predicted molar refractivity (Wildman–Crippen MR) is 311 cm³/mol. The summed E-state index contributed by atoms with van der Waals surface area (Å²) in [6.07, 6.45) is 15.9. The SMILES string of the molecule is CN1CCC[C@@H]1COc1ccc(Nc2ncnc(N3CCN(c4ncc(Cc5ccccc5)cn4)C(C4C[C@@H](COc5ccc(Nc6ncnc(N7CCN(c8ncc(Cc9ccccc9)cn8)CC7)n6)cc5)N(C)C4)C3)n2)cc1. The van der Waals surface area contributed by atoms with E-state index < -0.39 is 0 Å². The molecule has 0 spiro atoms. The minimum absolute atomic E-state index is 0.0787. The van der Waals surface area contributed by atoms with Crippen molar-refractivity contribution in [1.29, 1.82) is 0 Å². The van der Waals surface area contributed by atoms with Gasteiger partial charge in [-0.1, -0.05) is 60.7 Å². The van der Waals surface area contributed by atoms with Crippen LogP contribution in [0.5, 0.6) is 11.5 Å². The number of hydrogen-bond acceptors (Lipinski definition) is 20. The van der Waals surface area contributed by atoms with Gasteiger partial charge in [-0.15, -0.1) is 0 Å². The van der Waals surface area contributed by atoms with E-state index in [4.69, 9.17) is 44.4 Å². The number of rotatable bonds is 19. The van der Waals surface area contributed by atoms with E-state index in [1.807, 2.05) is 85.5 Å². The maximum atomic E-state index is 6.52. The van der Waals surface area contributed by atoms with Crippen LogP contribution in [0, 0.1) is 5.92 Å². The van der Waals surface area contributed by atoms with E-state index in [0.717, 1.165) is 104 Å². The topological polar surface area (TPSA) is 191 Å². The van der Waals surface area contributed by atoms with Crippen LogP contribution in [0.3, 0.4) is 0 Å². The van der Waals surface area contributed by atoms with E-state index in [1.54, 1.807) is 12.7 Å². The minimum atomic E-state index is 0.0787. The molecule has 4 aliphatic heterocycles. The molecule has 8 heterocycles. The Hall–Kier alpha value is -8.62. The quantitative estimate of drug-likeness (QED) is 0.0826. The summed E-state index contributed by atoms with van der Waals surface area (Å²) in [5.74, 6) is 5.64. The molecule has 8 aromatic rings. The van der Waals surface area contributed by atoms with Gasteiger partial charge in [-0.25, -0.2) is 39.9 Å². The Morgan fingerprint density at radius 1 is 0.463 bits per heavy atom. The molecule has 20 nitrogen and oxygen atoms in total. The number of ether oxygens (including phenoxy) is 2. The van der Waals surface area contributed by atoms with Gasteiger partial charge in [-0.3, -0.25) is 4.90 Å². The first-order valence-corrected chi connectivity index (χ1v) is 27.9. The minimum Gasteiger partial charge on any atom is -0.492 e. The lowest BCUT2D eigenvalue weighted by atomic mass is 9.93. The molecule has 410 valence electrons. The van der Waals surface area contributed by atoms with Gasteiger partial charge in [0.15, 0.2) is 0 Å². The maximum Gasteiger partial charge on any atom is 0.231 e. The van der Waals surface area contributed by atoms with E-state index >= 15 is 0 Å². The highest BCUT2D eigenvalue weighted by Crippen LogP contribution is 2.33. The molecule has 20 heteroatoms. The molecule has 4 aromatic carbocycles. The van der Waals surface area contributed by atoms with Crippen LogP contribution in [0.1, 0.15) is 41.5 Å². The van der Waals surface area contributed by atoms with Crippen molar-refractivity contribution in [1.82, 2.24) is 59.6 Å². The van der Waals surface area contributed by atoms with Gasteiger partial charge < -0.3 is 44.6 Å². The standard InChI is InChI=1S/C60H68N18O2/c1-73-23-9-14-50(73)39-79-52-19-15-49(16-20-52)70-56-66-42-68-60(72-56)77-28-29-78(58-63-35-46(36-64-58)31-44-12-7-4-8-13-44)54(38-77)47-32-51(74(2)37-47)40-80-53-21-17-48(18-22-53)69-55-65-41-67-59(71-55)76-26-24-75(25-27-76)57-61-33-45(34-62-57)30-43-10-5-3-6-11-43/h3-8,10-13,15-22,33-36,41-42,47,50-51,54H,9,14,23-32,37-40H2,1-2H3,(H,65,67,69,71)(H,66,68,70,72)/t47?,50-,51+,54?/m1/s1. The summed E-state index contributed by atoms with van der Waals surface area (Å²) in [4.78, 5) is 61.1. The first-order chi connectivity index (χ1) is 39.4. The Labute approximate surface area is 467 Å². The zero-order valence-corrected chi connectivity index (χ0v) is 45.5. The van der Waals surface area contributed by atoms with Crippen LogP contribution in [0.4, 0.5) is 47.1 Å². The molecular weight excluding hydrogens is 1000 g/mol. The van der Waals surface area contributed by atoms with Crippen molar-refractivity contribution >= 4 is 47.1 Å². The predicted octanol–water partition coefficient (Wildman–Crippen LogP) is 7.20. The van der Waals surface area contributed by atoms with Crippen molar-refractivity contribution in [2.24, 2.45) is 5.92 Å². The number of nitrogens with one attached hydrogen (secondary N) is 2. The molecule has 2 N–H and O–H groups in total. The number of benzene rings is 4. The van der Waals surface area contributed by atoms with Crippen molar-refractivity contribution in [2.75, 3.05) is 116 Å². The molecule has 0 bridgehead atoms. The number of piperazine rings is 2. The summed E-state index contributed by atoms with van der Waals surface area (Å²) in [5, 5.41) is 6.76. The van der Waals surface area contributed by atoms with Crippen LogP contribution in [-0.2, 0) is 12.8 Å². The highest BCUT2D eigenvalue weighted by Gasteiger charge is 2.41. The van der Waals surface area contributed by atoms with Gasteiger partial charge in [0.25, 0.3) is 0 Å². The third-order valence-electron chi connectivity index (χ3n) is 15.8. The fourth-order valence-electron chi connectivity index (χ4n) is 11.3. The van der Waals surface area contributed by atoms with Gasteiger partial charge in [0.1, 0.15) is 37.4 Å². The summed E-state index contributed by atoms with van der Waals surface area (Å²) >= 11 is 0. The molecule has 4 fully saturated rings. The van der Waals surface area contributed by atoms with Crippen LogP contribution in [0.15, 0.2) is 147 Å². The fourth-order valence-corrected chi connectivity index (χ4v) is 11.3. The second kappa shape index (κ2) is 24.6. The normalized spacial score (nSPS) is 19.8. The molecule has 0 saturated carbocycles. The average molecular weight is 1070 g/mol. The van der Waals surface area contributed by atoms with Gasteiger partial charge in [0.05, 0.1) is 6.04 Å². The number of hydrogen-bond donors (Lipinski definition) is 2. The van der Waals surface area contributed by atoms with Crippen molar-refractivity contribution < 1.29 is 9.47 Å². The zero-order chi connectivity index (χ0) is 54.0. The number of aromatic nitrogens is 10. The molecular formula is C60H68N18O2. The molecule has 4 aliphatic rings. The van der Waals surface area contributed by atoms with Crippen molar-refractivity contribution in [3.63, 3.8) is 0 Å². The third kappa shape index (κ3) is 12.9. The summed E-state index contributed by atoms with van der Waals surface area (Å²) in [6, 6.07) is 37.5. The van der Waals surface area contributed by atoms with Crippen LogP contribution >= 0.6 is 0 Å². The summed E-state index contributed by atoms with van der Waals surface area (Å²) in [6.45, 7) is 8.35. The van der Waals surface area contributed by atoms with Crippen LogP contribution in [-0.4, -0.2) is 164 Å². The maximum absolute atomic E-state index is 6.52. The van der Waals surface area contributed by atoms with Crippen molar-refractivity contribution in [3.05, 3.63) is 169 Å². The summed E-state index contributed by atoms with van der Waals surface area (Å²) in [5.41, 5.74) is 6.38. The largest absolute Gasteiger partial charge is 0.492 e. The molecule has 0 aliphatic carbocycles. The molecule has 80 heavy (non-hydrogen) atoms. The van der Waals surface area contributed by atoms with E-state index in [0.29, 0.717) is 62.7 Å². The first kappa shape index (κ1) is 52.1. The van der Waals surface area contributed by atoms with Crippen LogP contribution < -0.4 is 39.7 Å². The van der Waals surface area contributed by atoms with E-state index in [1.165, 1.54) is 24.0 Å². The molecule has 12 rings (SSSR count). The summed E-state index contributed by atoms with van der Waals surface area (Å²) in [7, 11) is 4.36. The second-order valence-electron chi connectivity index (χ2n) is 21.3. The monoisotopic (exact) mass is 1070 g/mol. The van der Waals surface area contributed by atoms with Gasteiger partial charge in [0, 0.05) is 113 Å². The number of likely N-dealkylation sites (tertiary alicyclic amines) is 2. The highest BCUT2D eigenvalue weighted by molar-refractivity contribution is 5.57. The van der Waals surface area contributed by atoms with E-state index in [-0.39, 0.29) is 18.0 Å². The molecule has 0 radical (unpaired) electrons. The fraction of sp³-hybridized carbons (Fsp3) is 0.367. The second-order valence-corrected chi connectivity index (χ2v) is 21.3. The number of nitrogens with zero attached hydrogens (tertiary/aromatic N) is 16. The van der Waals surface area contributed by atoms with Gasteiger partial charge >= 0.3 is 0 Å². The highest BCUT2D eigenvalue weighted by atomic mass is 16.5. The van der Waals surface area contributed by atoms with E-state index in [9.17, 15) is 0 Å². The Bertz CT molecular complexity index is 3230. The van der Waals surface area contributed by atoms with Gasteiger partial charge in [-0.05, 0) is 117 Å². The molecule has 0 amide bonds. The van der Waals surface area contributed by atoms with Crippen LogP contribution in [0.2, 0.25) is 0 Å². The average Bonchev–Trinajstić information content (AvgIpc) is 4.12. The Balaban J connectivity index is 0.658. The Kier molecular flexibility index (Phi) is 16.0. The van der Waals surface area contributed by atoms with Gasteiger partial charge in [-0.2, -0.15) is 9.97 Å². The smallest absolute Gasteiger partial charge is 0.231 e. The lowest BCUT2D eigenvalue weighted by molar-refractivity contribution is 0.198. The molecule has 2 unspecified atom stereocenters. The molecule has 4 atom stereocenters. The van der Waals surface area contributed by atoms with Crippen molar-refractivity contribution in [3.8, 4) is 11.5 Å². The Morgan fingerprint density at radius 3 is 1.50 bits per heavy atom. The van der Waals surface area contributed by atoms with Crippen LogP contribution in [0.25, 0.3) is 0 Å². The molecule has 4 aromatic heterocycles. The lowest BCUT2D eigenvalue weighted by Crippen LogP contribution is -2.57. The Morgan fingerprint density at radius 2 is 0.963 bits per heavy atom. The van der Waals surface area contributed by atoms with E-state index in [2.05, 4.69) is 118 Å². The van der Waals surface area contributed by atoms with Gasteiger partial charge in [0.2, 0.25) is 35.7 Å². The van der Waals surface area contributed by atoms with Crippen molar-refractivity contribution in [2.45, 2.75) is 50.2 Å². The zero-order valence-electron chi connectivity index (χ0n) is 45.5.